The number of fused-ring (bicyclic) bond motifs is 1. The highest BCUT2D eigenvalue weighted by molar-refractivity contribution is 7.71. The van der Waals surface area contributed by atoms with Crippen molar-refractivity contribution < 1.29 is 14.3 Å². The molecule has 5 aromatic rings. The first-order valence-corrected chi connectivity index (χ1v) is 13.3. The van der Waals surface area contributed by atoms with Gasteiger partial charge in [-0.3, -0.25) is 13.9 Å². The maximum Gasteiger partial charge on any atom is 0.355 e. The minimum Gasteiger partial charge on any atom is -0.476 e. The Morgan fingerprint density at radius 3 is 2.08 bits per heavy atom. The molecule has 2 aromatic heterocycles. The number of halogens is 1. The molecule has 0 aliphatic carbocycles. The first-order valence-electron chi connectivity index (χ1n) is 11.7. The Kier molecular flexibility index (Phi) is 7.10. The van der Waals surface area contributed by atoms with Crippen molar-refractivity contribution in [1.29, 1.82) is 5.26 Å². The van der Waals surface area contributed by atoms with E-state index in [1.807, 2.05) is 36.4 Å². The Morgan fingerprint density at radius 1 is 0.949 bits per heavy atom. The van der Waals surface area contributed by atoms with Crippen molar-refractivity contribution in [2.75, 3.05) is 0 Å². The maximum atomic E-state index is 14.0. The van der Waals surface area contributed by atoms with Gasteiger partial charge in [-0.1, -0.05) is 48.0 Å². The fourth-order valence-corrected chi connectivity index (χ4v) is 5.58. The van der Waals surface area contributed by atoms with E-state index < -0.39 is 17.1 Å². The van der Waals surface area contributed by atoms with Crippen LogP contribution in [0.3, 0.4) is 0 Å². The number of aromatic nitrogens is 2. The normalized spacial score (nSPS) is 11.2. The lowest BCUT2D eigenvalue weighted by Crippen LogP contribution is -2.41. The quantitative estimate of drug-likeness (QED) is 0.163. The van der Waals surface area contributed by atoms with Gasteiger partial charge in [0.15, 0.2) is 15.4 Å². The van der Waals surface area contributed by atoms with Crippen molar-refractivity contribution in [3.05, 3.63) is 110 Å². The summed E-state index contributed by atoms with van der Waals surface area (Å²) in [5.41, 5.74) is -0.745. The third-order valence-corrected chi connectivity index (χ3v) is 7.53. The molecule has 0 unspecified atom stereocenters. The summed E-state index contributed by atoms with van der Waals surface area (Å²) in [6.45, 7) is 3.08. The number of para-hydroxylation sites is 2. The molecule has 0 spiro atoms. The van der Waals surface area contributed by atoms with Crippen LogP contribution in [0.5, 0.6) is 11.5 Å². The summed E-state index contributed by atoms with van der Waals surface area (Å²) in [6.07, 6.45) is 0. The Hall–Kier alpha value is -4.23. The van der Waals surface area contributed by atoms with Gasteiger partial charge in [-0.25, -0.2) is 4.79 Å². The molecule has 7 nitrogen and oxygen atoms in total. The van der Waals surface area contributed by atoms with Gasteiger partial charge in [-0.15, -0.1) is 11.3 Å². The van der Waals surface area contributed by atoms with E-state index in [2.05, 4.69) is 6.07 Å². The molecule has 0 saturated heterocycles. The predicted octanol–water partition coefficient (Wildman–Crippen LogP) is 6.86. The molecule has 0 fully saturated rings. The number of nitrogens with zero attached hydrogens (tertiary/aromatic N) is 3. The molecule has 0 aliphatic rings. The second-order valence-electron chi connectivity index (χ2n) is 8.94. The van der Waals surface area contributed by atoms with Gasteiger partial charge < -0.3 is 9.47 Å². The number of esters is 1. The number of hydrogen-bond acceptors (Lipinski definition) is 7. The van der Waals surface area contributed by atoms with Gasteiger partial charge in [0.05, 0.1) is 5.69 Å². The summed E-state index contributed by atoms with van der Waals surface area (Å²) in [5, 5.41) is 10.6. The molecule has 39 heavy (non-hydrogen) atoms. The van der Waals surface area contributed by atoms with Crippen LogP contribution < -0.4 is 15.0 Å². The van der Waals surface area contributed by atoms with Crippen LogP contribution in [-0.2, 0) is 4.79 Å². The van der Waals surface area contributed by atoms with E-state index in [9.17, 15) is 14.9 Å². The van der Waals surface area contributed by atoms with E-state index >= 15 is 0 Å². The largest absolute Gasteiger partial charge is 0.476 e. The van der Waals surface area contributed by atoms with Crippen molar-refractivity contribution in [1.82, 2.24) is 9.13 Å². The molecule has 0 bridgehead atoms. The Labute approximate surface area is 237 Å². The van der Waals surface area contributed by atoms with E-state index in [0.717, 1.165) is 11.3 Å². The van der Waals surface area contributed by atoms with E-state index in [1.54, 1.807) is 53.1 Å². The lowest BCUT2D eigenvalue weighted by molar-refractivity contribution is -0.149. The third kappa shape index (κ3) is 4.98. The number of rotatable bonds is 6. The summed E-state index contributed by atoms with van der Waals surface area (Å²) in [7, 11) is 0. The highest BCUT2D eigenvalue weighted by Gasteiger charge is 2.35. The molecular formula is C29H20ClN3O4S2. The van der Waals surface area contributed by atoms with Crippen LogP contribution in [0.2, 0.25) is 5.02 Å². The van der Waals surface area contributed by atoms with Crippen LogP contribution in [0.1, 0.15) is 18.7 Å². The van der Waals surface area contributed by atoms with Crippen LogP contribution in [-0.4, -0.2) is 20.7 Å². The number of carbonyl (C=O) groups excluding carboxylic acids is 1. The average Bonchev–Trinajstić information content (AvgIpc) is 3.29. The first kappa shape index (κ1) is 26.4. The molecule has 0 saturated carbocycles. The van der Waals surface area contributed by atoms with Gasteiger partial charge in [0.1, 0.15) is 22.0 Å². The van der Waals surface area contributed by atoms with Gasteiger partial charge in [0.2, 0.25) is 5.60 Å². The van der Waals surface area contributed by atoms with Gasteiger partial charge >= 0.3 is 5.97 Å². The molecule has 3 aromatic carbocycles. The molecule has 0 amide bonds. The maximum absolute atomic E-state index is 14.0. The monoisotopic (exact) mass is 573 g/mol. The van der Waals surface area contributed by atoms with E-state index in [0.29, 0.717) is 27.0 Å². The van der Waals surface area contributed by atoms with E-state index in [-0.39, 0.29) is 20.8 Å². The zero-order chi connectivity index (χ0) is 27.7. The standard InChI is InChI=1S/C29H20ClN3O4S2/c1-29(2,37-21-15-13-18(30)14-16-21)27(35)36-24-22(17-31)39-26-23(24)25(34)32(19-9-5-3-6-10-19)28(38)33(26)20-11-7-4-8-12-20/h3-16H,1-2H3. The molecule has 2 heterocycles. The smallest absolute Gasteiger partial charge is 0.355 e. The first-order chi connectivity index (χ1) is 18.7. The SMILES string of the molecule is CC(C)(Oc1ccc(Cl)cc1)C(=O)Oc1c(C#N)sc2c1c(=O)n(-c1ccccc1)c(=S)n2-c1ccccc1. The summed E-state index contributed by atoms with van der Waals surface area (Å²) < 4.78 is 14.9. The van der Waals surface area contributed by atoms with Crippen molar-refractivity contribution in [3.63, 3.8) is 0 Å². The summed E-state index contributed by atoms with van der Waals surface area (Å²) in [4.78, 5) is 27.8. The second-order valence-corrected chi connectivity index (χ2v) is 10.7. The fraction of sp³-hybridized carbons (Fsp3) is 0.103. The molecule has 0 N–H and O–H groups in total. The molecular weight excluding hydrogens is 554 g/mol. The molecule has 0 radical (unpaired) electrons. The van der Waals surface area contributed by atoms with Crippen LogP contribution in [0, 0.1) is 16.1 Å². The van der Waals surface area contributed by atoms with Crippen LogP contribution in [0.15, 0.2) is 89.7 Å². The number of hydrogen-bond donors (Lipinski definition) is 0. The summed E-state index contributed by atoms with van der Waals surface area (Å²) in [6, 6.07) is 26.8. The number of nitriles is 1. The highest BCUT2D eigenvalue weighted by Crippen LogP contribution is 2.38. The topological polar surface area (TPSA) is 86.2 Å². The van der Waals surface area contributed by atoms with Crippen molar-refractivity contribution in [2.45, 2.75) is 19.4 Å². The van der Waals surface area contributed by atoms with E-state index in [1.165, 1.54) is 18.4 Å². The van der Waals surface area contributed by atoms with Crippen molar-refractivity contribution in [3.8, 4) is 28.9 Å². The molecule has 10 heteroatoms. The van der Waals surface area contributed by atoms with Crippen LogP contribution >= 0.6 is 35.2 Å². The average molecular weight is 574 g/mol. The van der Waals surface area contributed by atoms with Gasteiger partial charge in [-0.2, -0.15) is 5.26 Å². The predicted molar refractivity (Wildman–Crippen MR) is 154 cm³/mol. The second kappa shape index (κ2) is 10.5. The molecule has 0 atom stereocenters. The molecule has 194 valence electrons. The Bertz CT molecular complexity index is 1850. The van der Waals surface area contributed by atoms with Gasteiger partial charge in [0, 0.05) is 10.7 Å². The number of thiophene rings is 1. The number of ether oxygens (including phenoxy) is 2. The summed E-state index contributed by atoms with van der Waals surface area (Å²) >= 11 is 12.8. The number of carbonyl (C=O) groups is 1. The highest BCUT2D eigenvalue weighted by atomic mass is 35.5. The minimum atomic E-state index is -1.46. The molecule has 5 rings (SSSR count). The van der Waals surface area contributed by atoms with Crippen molar-refractivity contribution >= 4 is 51.3 Å². The third-order valence-electron chi connectivity index (χ3n) is 5.85. The zero-order valence-corrected chi connectivity index (χ0v) is 23.1. The van der Waals surface area contributed by atoms with E-state index in [4.69, 9.17) is 33.3 Å². The minimum absolute atomic E-state index is 0.0580. The fourth-order valence-electron chi connectivity index (χ4n) is 3.97. The van der Waals surface area contributed by atoms with Crippen LogP contribution in [0.4, 0.5) is 0 Å². The lowest BCUT2D eigenvalue weighted by Gasteiger charge is -2.24. The Morgan fingerprint density at radius 2 is 1.51 bits per heavy atom. The summed E-state index contributed by atoms with van der Waals surface area (Å²) in [5.74, 6) is -0.515. The zero-order valence-electron chi connectivity index (χ0n) is 20.8. The molecule has 0 aliphatic heterocycles. The lowest BCUT2D eigenvalue weighted by atomic mass is 10.1. The van der Waals surface area contributed by atoms with Crippen molar-refractivity contribution in [2.24, 2.45) is 0 Å². The van der Waals surface area contributed by atoms with Gasteiger partial charge in [0.25, 0.3) is 5.56 Å². The Balaban J connectivity index is 1.71. The van der Waals surface area contributed by atoms with Gasteiger partial charge in [-0.05, 0) is 74.6 Å². The number of benzene rings is 3. The van der Waals surface area contributed by atoms with Crippen LogP contribution in [0.25, 0.3) is 21.6 Å².